The molecule has 4 nitrogen and oxygen atoms in total. The molecule has 2 saturated carbocycles. The third-order valence-electron chi connectivity index (χ3n) is 8.46. The van der Waals surface area contributed by atoms with Gasteiger partial charge >= 0.3 is 0 Å². The fraction of sp³-hybridized carbons (Fsp3) is 0.481. The molecule has 160 valence electrons. The third-order valence-corrected chi connectivity index (χ3v) is 8.46. The lowest BCUT2D eigenvalue weighted by Crippen LogP contribution is -2.43. The normalized spacial score (nSPS) is 34.6. The molecule has 0 bridgehead atoms. The largest absolute Gasteiger partial charge is 0.489 e. The molecule has 0 radical (unpaired) electrons. The van der Waals surface area contributed by atoms with Crippen LogP contribution in [-0.4, -0.2) is 30.1 Å². The molecule has 2 heterocycles. The van der Waals surface area contributed by atoms with Crippen molar-refractivity contribution in [3.8, 4) is 0 Å². The maximum atomic E-state index is 12.4. The summed E-state index contributed by atoms with van der Waals surface area (Å²) >= 11 is 0. The summed E-state index contributed by atoms with van der Waals surface area (Å²) in [4.78, 5) is 16.8. The van der Waals surface area contributed by atoms with Crippen LogP contribution in [0.1, 0.15) is 56.9 Å². The van der Waals surface area contributed by atoms with E-state index in [2.05, 4.69) is 42.2 Å². The van der Waals surface area contributed by atoms with E-state index in [-0.39, 0.29) is 23.4 Å². The summed E-state index contributed by atoms with van der Waals surface area (Å²) in [6, 6.07) is 8.71. The quantitative estimate of drug-likeness (QED) is 0.651. The van der Waals surface area contributed by atoms with Crippen LogP contribution in [0.5, 0.6) is 0 Å². The maximum Gasteiger partial charge on any atom is 0.166 e. The molecule has 3 aliphatic carbocycles. The number of aromatic nitrogens is 1. The SMILES string of the molecule is CO[C@@H]1C[C@H]2[C@@H]3OC4=C(C=C3CC[C@]2(C)[C@H]1c1cccc2cnccc12)C(=O)CCC4. The second-order valence-electron chi connectivity index (χ2n) is 9.92. The Morgan fingerprint density at radius 3 is 2.97 bits per heavy atom. The summed E-state index contributed by atoms with van der Waals surface area (Å²) < 4.78 is 12.8. The number of methoxy groups -OCH3 is 1. The number of rotatable bonds is 2. The Labute approximate surface area is 183 Å². The number of ether oxygens (including phenoxy) is 2. The lowest BCUT2D eigenvalue weighted by molar-refractivity contribution is -0.116. The monoisotopic (exact) mass is 415 g/mol. The van der Waals surface area contributed by atoms with Crippen LogP contribution in [0.25, 0.3) is 10.8 Å². The van der Waals surface area contributed by atoms with Gasteiger partial charge in [-0.05, 0) is 59.8 Å². The fourth-order valence-corrected chi connectivity index (χ4v) is 6.91. The molecular weight excluding hydrogens is 386 g/mol. The lowest BCUT2D eigenvalue weighted by Gasteiger charge is -2.48. The standard InChI is InChI=1S/C27H29NO3/c1-27-11-9-16-13-20-22(29)7-4-8-23(20)31-26(16)21(27)14-24(30-2)25(27)19-6-3-5-17-15-28-12-10-18(17)19/h3,5-6,10,12-13,15,21,24-26H,4,7-9,11,14H2,1-2H3/t21-,24+,25-,26+,27-/m0/s1. The van der Waals surface area contributed by atoms with E-state index in [1.54, 1.807) is 0 Å². The van der Waals surface area contributed by atoms with Crippen LogP contribution in [0.4, 0.5) is 0 Å². The number of hydrogen-bond donors (Lipinski definition) is 0. The molecule has 4 aliphatic rings. The summed E-state index contributed by atoms with van der Waals surface area (Å²) in [6.07, 6.45) is 11.8. The summed E-state index contributed by atoms with van der Waals surface area (Å²) in [5.41, 5.74) is 3.61. The predicted octanol–water partition coefficient (Wildman–Crippen LogP) is 5.49. The van der Waals surface area contributed by atoms with Crippen molar-refractivity contribution in [3.63, 3.8) is 0 Å². The van der Waals surface area contributed by atoms with Crippen molar-refractivity contribution < 1.29 is 14.3 Å². The van der Waals surface area contributed by atoms with Gasteiger partial charge < -0.3 is 9.47 Å². The Balaban J connectivity index is 1.43. The molecule has 5 atom stereocenters. The minimum Gasteiger partial charge on any atom is -0.489 e. The zero-order chi connectivity index (χ0) is 21.2. The second-order valence-corrected chi connectivity index (χ2v) is 9.92. The van der Waals surface area contributed by atoms with E-state index < -0.39 is 0 Å². The number of ketones is 1. The minimum absolute atomic E-state index is 0.0719. The van der Waals surface area contributed by atoms with Crippen LogP contribution in [0.2, 0.25) is 0 Å². The highest BCUT2D eigenvalue weighted by Gasteiger charge is 2.59. The summed E-state index contributed by atoms with van der Waals surface area (Å²) in [5, 5.41) is 2.46. The number of Topliss-reactive ketones (excluding diaryl/α,β-unsaturated/α-hetero) is 1. The minimum atomic E-state index is 0.0719. The Hall–Kier alpha value is -2.46. The van der Waals surface area contributed by atoms with E-state index in [9.17, 15) is 4.79 Å². The zero-order valence-electron chi connectivity index (χ0n) is 18.3. The average Bonchev–Trinajstić information content (AvgIpc) is 3.10. The molecular formula is C27H29NO3. The second kappa shape index (κ2) is 7.03. The molecule has 4 heteroatoms. The third kappa shape index (κ3) is 2.77. The smallest absolute Gasteiger partial charge is 0.166 e. The van der Waals surface area contributed by atoms with Crippen molar-refractivity contribution in [3.05, 3.63) is 65.2 Å². The highest BCUT2D eigenvalue weighted by molar-refractivity contribution is 5.99. The Morgan fingerprint density at radius 1 is 1.19 bits per heavy atom. The van der Waals surface area contributed by atoms with Crippen LogP contribution in [0.15, 0.2) is 59.6 Å². The number of fused-ring (bicyclic) bond motifs is 4. The first-order valence-electron chi connectivity index (χ1n) is 11.6. The first kappa shape index (κ1) is 19.2. The van der Waals surface area contributed by atoms with E-state index in [1.807, 2.05) is 19.5 Å². The molecule has 0 spiro atoms. The molecule has 6 rings (SSSR count). The van der Waals surface area contributed by atoms with Crippen molar-refractivity contribution in [2.75, 3.05) is 7.11 Å². The molecule has 0 amide bonds. The fourth-order valence-electron chi connectivity index (χ4n) is 6.91. The first-order valence-corrected chi connectivity index (χ1v) is 11.6. The molecule has 0 unspecified atom stereocenters. The van der Waals surface area contributed by atoms with Crippen molar-refractivity contribution in [1.82, 2.24) is 4.98 Å². The Morgan fingerprint density at radius 2 is 2.10 bits per heavy atom. The topological polar surface area (TPSA) is 48.4 Å². The van der Waals surface area contributed by atoms with Gasteiger partial charge in [-0.3, -0.25) is 9.78 Å². The molecule has 2 fully saturated rings. The van der Waals surface area contributed by atoms with Gasteiger partial charge in [-0.1, -0.05) is 25.1 Å². The molecule has 1 aliphatic heterocycles. The number of allylic oxidation sites excluding steroid dienone is 3. The zero-order valence-corrected chi connectivity index (χ0v) is 18.3. The van der Waals surface area contributed by atoms with Gasteiger partial charge in [0.05, 0.1) is 11.7 Å². The highest BCUT2D eigenvalue weighted by Crippen LogP contribution is 2.63. The number of benzene rings is 1. The van der Waals surface area contributed by atoms with Gasteiger partial charge in [0.25, 0.3) is 0 Å². The first-order chi connectivity index (χ1) is 15.1. The molecule has 1 aromatic carbocycles. The summed E-state index contributed by atoms with van der Waals surface area (Å²) in [7, 11) is 1.85. The van der Waals surface area contributed by atoms with Crippen LogP contribution in [0, 0.1) is 11.3 Å². The van der Waals surface area contributed by atoms with Crippen molar-refractivity contribution in [1.29, 1.82) is 0 Å². The number of pyridine rings is 1. The van der Waals surface area contributed by atoms with Gasteiger partial charge in [-0.15, -0.1) is 0 Å². The number of carbonyl (C=O) groups excluding carboxylic acids is 1. The summed E-state index contributed by atoms with van der Waals surface area (Å²) in [6.45, 7) is 2.44. The number of carbonyl (C=O) groups is 1. The van der Waals surface area contributed by atoms with E-state index >= 15 is 0 Å². The van der Waals surface area contributed by atoms with E-state index in [0.29, 0.717) is 18.3 Å². The van der Waals surface area contributed by atoms with Crippen LogP contribution < -0.4 is 0 Å². The average molecular weight is 416 g/mol. The van der Waals surface area contributed by atoms with Gasteiger partial charge in [0.2, 0.25) is 0 Å². The molecule has 1 aromatic heterocycles. The highest BCUT2D eigenvalue weighted by atomic mass is 16.5. The molecule has 31 heavy (non-hydrogen) atoms. The lowest BCUT2D eigenvalue weighted by atomic mass is 9.60. The number of hydrogen-bond acceptors (Lipinski definition) is 4. The van der Waals surface area contributed by atoms with Gasteiger partial charge in [0, 0.05) is 49.6 Å². The number of nitrogens with zero attached hydrogens (tertiary/aromatic N) is 1. The van der Waals surface area contributed by atoms with E-state index in [4.69, 9.17) is 9.47 Å². The van der Waals surface area contributed by atoms with Crippen LogP contribution >= 0.6 is 0 Å². The van der Waals surface area contributed by atoms with E-state index in [0.717, 1.165) is 43.4 Å². The van der Waals surface area contributed by atoms with E-state index in [1.165, 1.54) is 21.9 Å². The maximum absolute atomic E-state index is 12.4. The predicted molar refractivity (Wildman–Crippen MR) is 120 cm³/mol. The molecule has 0 N–H and O–H groups in total. The van der Waals surface area contributed by atoms with Gasteiger partial charge in [0.1, 0.15) is 11.9 Å². The van der Waals surface area contributed by atoms with Crippen LogP contribution in [0.3, 0.4) is 0 Å². The summed E-state index contributed by atoms with van der Waals surface area (Å²) in [5.74, 6) is 1.87. The molecule has 2 aromatic rings. The van der Waals surface area contributed by atoms with Gasteiger partial charge in [-0.2, -0.15) is 0 Å². The Kier molecular flexibility index (Phi) is 4.36. The van der Waals surface area contributed by atoms with Crippen molar-refractivity contribution >= 4 is 16.6 Å². The van der Waals surface area contributed by atoms with Crippen LogP contribution in [-0.2, 0) is 14.3 Å². The van der Waals surface area contributed by atoms with Gasteiger partial charge in [0.15, 0.2) is 5.78 Å². The molecule has 0 saturated heterocycles. The Bertz CT molecular complexity index is 1130. The van der Waals surface area contributed by atoms with Gasteiger partial charge in [-0.25, -0.2) is 0 Å². The van der Waals surface area contributed by atoms with Crippen molar-refractivity contribution in [2.24, 2.45) is 11.3 Å². The van der Waals surface area contributed by atoms with Crippen molar-refractivity contribution in [2.45, 2.75) is 63.6 Å².